The van der Waals surface area contributed by atoms with Gasteiger partial charge in [0.05, 0.1) is 0 Å². The number of hydrogen-bond donors (Lipinski definition) is 2. The number of rotatable bonds is 8. The quantitative estimate of drug-likeness (QED) is 0.448. The van der Waals surface area contributed by atoms with E-state index in [-0.39, 0.29) is 0 Å². The molecule has 0 amide bonds. The van der Waals surface area contributed by atoms with E-state index in [0.29, 0.717) is 0 Å². The molecule has 0 heterocycles. The van der Waals surface area contributed by atoms with Crippen LogP contribution in [0.25, 0.3) is 0 Å². The van der Waals surface area contributed by atoms with Crippen LogP contribution >= 0.6 is 0 Å². The number of unbranched alkanes of at least 4 members (excludes halogenated alkanes) is 6. The summed E-state index contributed by atoms with van der Waals surface area (Å²) in [5, 5.41) is 17.0. The molecule has 0 aliphatic rings. The van der Waals surface area contributed by atoms with E-state index in [4.69, 9.17) is 10.0 Å². The third-order valence-corrected chi connectivity index (χ3v) is 2.03. The Hall–Kier alpha value is -0.275. The van der Waals surface area contributed by atoms with Gasteiger partial charge in [0.2, 0.25) is 0 Å². The molecular weight excluding hydrogens is 163 g/mol. The largest absolute Gasteiger partial charge is 0.480 e. The highest BCUT2D eigenvalue weighted by Gasteiger charge is 1.96. The summed E-state index contributed by atoms with van der Waals surface area (Å²) in [5.74, 6) is 1.42. The van der Waals surface area contributed by atoms with Crippen molar-refractivity contribution in [2.75, 3.05) is 0 Å². The highest BCUT2D eigenvalue weighted by Crippen LogP contribution is 2.06. The van der Waals surface area contributed by atoms with E-state index in [2.05, 4.69) is 6.92 Å². The molecule has 13 heavy (non-hydrogen) atoms. The Bertz CT molecular complexity index is 124. The minimum Gasteiger partial charge on any atom is -0.424 e. The molecule has 0 aromatic heterocycles. The van der Waals surface area contributed by atoms with Gasteiger partial charge in [-0.1, -0.05) is 51.1 Å². The van der Waals surface area contributed by atoms with E-state index in [1.54, 1.807) is 0 Å². The highest BCUT2D eigenvalue weighted by molar-refractivity contribution is 6.47. The normalized spacial score (nSPS) is 11.0. The molecule has 3 heteroatoms. The zero-order valence-corrected chi connectivity index (χ0v) is 8.58. The van der Waals surface area contributed by atoms with Crippen LogP contribution in [0.2, 0.25) is 0 Å². The van der Waals surface area contributed by atoms with E-state index in [0.717, 1.165) is 12.8 Å². The van der Waals surface area contributed by atoms with Crippen LogP contribution in [0.1, 0.15) is 51.9 Å². The summed E-state index contributed by atoms with van der Waals surface area (Å²) >= 11 is 0. The van der Waals surface area contributed by atoms with E-state index >= 15 is 0 Å². The molecule has 0 saturated carbocycles. The lowest BCUT2D eigenvalue weighted by Crippen LogP contribution is -2.05. The molecular formula is C10H21BO2. The Labute approximate surface area is 81.8 Å². The molecule has 0 spiro atoms. The Morgan fingerprint density at radius 3 is 2.23 bits per heavy atom. The smallest absolute Gasteiger partial charge is 0.424 e. The number of allylic oxidation sites excluding steroid dienone is 1. The molecule has 0 aromatic carbocycles. The second-order valence-electron chi connectivity index (χ2n) is 3.40. The van der Waals surface area contributed by atoms with Crippen molar-refractivity contribution in [3.63, 3.8) is 0 Å². The van der Waals surface area contributed by atoms with Crippen molar-refractivity contribution in [3.8, 4) is 0 Å². The molecule has 0 radical (unpaired) electrons. The molecule has 0 fully saturated rings. The maximum atomic E-state index is 8.49. The maximum Gasteiger partial charge on any atom is 0.480 e. The summed E-state index contributed by atoms with van der Waals surface area (Å²) in [4.78, 5) is 0. The summed E-state index contributed by atoms with van der Waals surface area (Å²) in [7, 11) is -1.28. The maximum absolute atomic E-state index is 8.49. The summed E-state index contributed by atoms with van der Waals surface area (Å²) in [6.45, 7) is 2.21. The summed E-state index contributed by atoms with van der Waals surface area (Å²) in [5.41, 5.74) is 0. The van der Waals surface area contributed by atoms with Crippen LogP contribution in [0.3, 0.4) is 0 Å². The summed E-state index contributed by atoms with van der Waals surface area (Å²) < 4.78 is 0. The van der Waals surface area contributed by atoms with Gasteiger partial charge in [-0.3, -0.25) is 0 Å². The first-order chi connectivity index (χ1) is 6.27. The van der Waals surface area contributed by atoms with Gasteiger partial charge in [0.25, 0.3) is 0 Å². The van der Waals surface area contributed by atoms with Gasteiger partial charge in [-0.15, -0.1) is 0 Å². The topological polar surface area (TPSA) is 40.5 Å². The predicted molar refractivity (Wildman–Crippen MR) is 57.3 cm³/mol. The van der Waals surface area contributed by atoms with Crippen LogP contribution in [0.5, 0.6) is 0 Å². The molecule has 0 rings (SSSR count). The van der Waals surface area contributed by atoms with Crippen LogP contribution in [0, 0.1) is 0 Å². The van der Waals surface area contributed by atoms with Crippen molar-refractivity contribution < 1.29 is 10.0 Å². The zero-order valence-electron chi connectivity index (χ0n) is 8.58. The molecule has 0 aromatic rings. The van der Waals surface area contributed by atoms with Gasteiger partial charge in [0.15, 0.2) is 0 Å². The first-order valence-electron chi connectivity index (χ1n) is 5.30. The van der Waals surface area contributed by atoms with Gasteiger partial charge in [-0.25, -0.2) is 0 Å². The minimum absolute atomic E-state index is 0.962. The zero-order chi connectivity index (χ0) is 9.94. The van der Waals surface area contributed by atoms with E-state index < -0.39 is 7.12 Å². The first kappa shape index (κ1) is 12.7. The molecule has 0 saturated heterocycles. The molecule has 0 unspecified atom stereocenters. The molecule has 0 aliphatic carbocycles. The molecule has 2 N–H and O–H groups in total. The van der Waals surface area contributed by atoms with Gasteiger partial charge in [0, 0.05) is 0 Å². The summed E-state index contributed by atoms with van der Waals surface area (Å²) in [6, 6.07) is 0. The Morgan fingerprint density at radius 1 is 1.00 bits per heavy atom. The minimum atomic E-state index is -1.28. The van der Waals surface area contributed by atoms with Crippen molar-refractivity contribution >= 4 is 7.12 Å². The van der Waals surface area contributed by atoms with Crippen molar-refractivity contribution in [3.05, 3.63) is 12.1 Å². The second-order valence-corrected chi connectivity index (χ2v) is 3.40. The fourth-order valence-electron chi connectivity index (χ4n) is 1.26. The van der Waals surface area contributed by atoms with E-state index in [9.17, 15) is 0 Å². The Morgan fingerprint density at radius 2 is 1.62 bits per heavy atom. The fraction of sp³-hybridized carbons (Fsp3) is 0.800. The molecule has 0 atom stereocenters. The molecule has 0 bridgehead atoms. The third kappa shape index (κ3) is 11.7. The lowest BCUT2D eigenvalue weighted by Gasteiger charge is -1.97. The lowest BCUT2D eigenvalue weighted by atomic mass is 9.91. The SMILES string of the molecule is CCCCCCCCC=CB(O)O. The van der Waals surface area contributed by atoms with Gasteiger partial charge in [-0.2, -0.15) is 0 Å². The van der Waals surface area contributed by atoms with Gasteiger partial charge in [-0.05, 0) is 12.8 Å². The van der Waals surface area contributed by atoms with Gasteiger partial charge in [0.1, 0.15) is 0 Å². The van der Waals surface area contributed by atoms with E-state index in [1.807, 2.05) is 6.08 Å². The van der Waals surface area contributed by atoms with Gasteiger partial charge < -0.3 is 10.0 Å². The average molecular weight is 184 g/mol. The molecule has 2 nitrogen and oxygen atoms in total. The van der Waals surface area contributed by atoms with Crippen molar-refractivity contribution in [1.82, 2.24) is 0 Å². The average Bonchev–Trinajstić information content (AvgIpc) is 2.09. The molecule has 76 valence electrons. The van der Waals surface area contributed by atoms with Crippen molar-refractivity contribution in [2.45, 2.75) is 51.9 Å². The van der Waals surface area contributed by atoms with Crippen LogP contribution in [-0.4, -0.2) is 17.2 Å². The van der Waals surface area contributed by atoms with Crippen LogP contribution in [0.4, 0.5) is 0 Å². The Balaban J connectivity index is 2.99. The monoisotopic (exact) mass is 184 g/mol. The Kier molecular flexibility index (Phi) is 9.60. The summed E-state index contributed by atoms with van der Waals surface area (Å²) in [6.07, 6.45) is 10.5. The fourth-order valence-corrected chi connectivity index (χ4v) is 1.26. The molecule has 0 aliphatic heterocycles. The second kappa shape index (κ2) is 9.81. The van der Waals surface area contributed by atoms with Crippen molar-refractivity contribution in [2.24, 2.45) is 0 Å². The number of hydrogen-bond acceptors (Lipinski definition) is 2. The predicted octanol–water partition coefficient (Wildman–Crippen LogP) is 2.31. The standard InChI is InChI=1S/C10H21BO2/c1-2-3-4-5-6-7-8-9-10-11(12)13/h9-10,12-13H,2-8H2,1H3. The van der Waals surface area contributed by atoms with Crippen LogP contribution in [0.15, 0.2) is 12.1 Å². The van der Waals surface area contributed by atoms with Gasteiger partial charge >= 0.3 is 7.12 Å². The third-order valence-electron chi connectivity index (χ3n) is 2.03. The first-order valence-corrected chi connectivity index (χ1v) is 5.30. The van der Waals surface area contributed by atoms with Crippen LogP contribution < -0.4 is 0 Å². The van der Waals surface area contributed by atoms with Crippen LogP contribution in [-0.2, 0) is 0 Å². The van der Waals surface area contributed by atoms with Crippen molar-refractivity contribution in [1.29, 1.82) is 0 Å². The highest BCUT2D eigenvalue weighted by atomic mass is 16.4. The van der Waals surface area contributed by atoms with E-state index in [1.165, 1.54) is 38.1 Å². The lowest BCUT2D eigenvalue weighted by molar-refractivity contribution is 0.424.